The minimum absolute atomic E-state index is 0.188. The van der Waals surface area contributed by atoms with Gasteiger partial charge in [0.05, 0.1) is 35.1 Å². The summed E-state index contributed by atoms with van der Waals surface area (Å²) >= 11 is 4.74. The summed E-state index contributed by atoms with van der Waals surface area (Å²) in [5, 5.41) is 0. The SMILES string of the molecule is CCOC(=O)C1=C(c2ccccc2)N=c2s/c(=C\c3ccc(OCc4ccc(Br)cc4)cc3)c(=O)n2[C@@H]1c1ccc(OCC)cc1. The Morgan fingerprint density at radius 3 is 2.22 bits per heavy atom. The van der Waals surface area contributed by atoms with Crippen LogP contribution in [0.15, 0.2) is 123 Å². The van der Waals surface area contributed by atoms with Crippen molar-refractivity contribution < 1.29 is 19.0 Å². The third kappa shape index (κ3) is 6.76. The number of fused-ring (bicyclic) bond motifs is 1. The van der Waals surface area contributed by atoms with Crippen LogP contribution in [-0.4, -0.2) is 23.8 Å². The Balaban J connectivity index is 1.42. The quantitative estimate of drug-likeness (QED) is 0.153. The van der Waals surface area contributed by atoms with Crippen molar-refractivity contribution in [1.82, 2.24) is 4.57 Å². The maximum Gasteiger partial charge on any atom is 0.338 e. The standard InChI is InChI=1S/C37H31BrN2O5S/c1-3-43-29-20-14-27(15-21-29)34-32(36(42)44-4-2)33(26-8-6-5-7-9-26)39-37-40(34)35(41)31(46-37)22-24-12-18-30(19-13-24)45-23-25-10-16-28(38)17-11-25/h5-22,34H,3-4,23H2,1-2H3/b31-22-/t34-/m1/s1. The molecular weight excluding hydrogens is 664 g/mol. The molecular formula is C37H31BrN2O5S. The Bertz CT molecular complexity index is 2050. The molecule has 0 spiro atoms. The number of ether oxygens (including phenoxy) is 3. The Morgan fingerprint density at radius 1 is 0.870 bits per heavy atom. The normalized spacial score (nSPS) is 14.4. The molecule has 0 aliphatic carbocycles. The number of hydrogen-bond donors (Lipinski definition) is 0. The molecule has 1 aliphatic heterocycles. The van der Waals surface area contributed by atoms with Gasteiger partial charge in [0.25, 0.3) is 5.56 Å². The molecule has 7 nitrogen and oxygen atoms in total. The van der Waals surface area contributed by atoms with E-state index in [0.717, 1.165) is 32.5 Å². The maximum atomic E-state index is 14.1. The van der Waals surface area contributed by atoms with Crippen LogP contribution in [0.1, 0.15) is 42.1 Å². The second kappa shape index (κ2) is 14.1. The van der Waals surface area contributed by atoms with Gasteiger partial charge in [0.15, 0.2) is 4.80 Å². The molecule has 1 aliphatic rings. The Labute approximate surface area is 278 Å². The molecule has 2 heterocycles. The lowest BCUT2D eigenvalue weighted by Crippen LogP contribution is -2.40. The second-order valence-corrected chi connectivity index (χ2v) is 12.3. The zero-order valence-corrected chi connectivity index (χ0v) is 27.7. The predicted molar refractivity (Wildman–Crippen MR) is 184 cm³/mol. The van der Waals surface area contributed by atoms with Gasteiger partial charge in [-0.05, 0) is 73.0 Å². The third-order valence-corrected chi connectivity index (χ3v) is 8.89. The number of hydrogen-bond acceptors (Lipinski definition) is 7. The highest BCUT2D eigenvalue weighted by atomic mass is 79.9. The van der Waals surface area contributed by atoms with Gasteiger partial charge in [-0.15, -0.1) is 0 Å². The van der Waals surface area contributed by atoms with Crippen molar-refractivity contribution in [2.24, 2.45) is 4.99 Å². The van der Waals surface area contributed by atoms with E-state index in [1.807, 2.05) is 116 Å². The molecule has 0 bridgehead atoms. The number of thiazole rings is 1. The van der Waals surface area contributed by atoms with E-state index < -0.39 is 12.0 Å². The van der Waals surface area contributed by atoms with Crippen LogP contribution in [-0.2, 0) is 16.1 Å². The van der Waals surface area contributed by atoms with Crippen molar-refractivity contribution in [3.8, 4) is 11.5 Å². The number of nitrogens with zero attached hydrogens (tertiary/aromatic N) is 2. The minimum Gasteiger partial charge on any atom is -0.494 e. The van der Waals surface area contributed by atoms with Crippen LogP contribution in [0.4, 0.5) is 0 Å². The molecule has 0 N–H and O–H groups in total. The first kappa shape index (κ1) is 31.3. The molecule has 1 aromatic heterocycles. The molecule has 232 valence electrons. The Hall–Kier alpha value is -4.73. The van der Waals surface area contributed by atoms with E-state index in [9.17, 15) is 9.59 Å². The van der Waals surface area contributed by atoms with E-state index in [1.54, 1.807) is 11.5 Å². The monoisotopic (exact) mass is 694 g/mol. The van der Waals surface area contributed by atoms with Crippen LogP contribution >= 0.6 is 27.3 Å². The largest absolute Gasteiger partial charge is 0.494 e. The van der Waals surface area contributed by atoms with Crippen LogP contribution in [0.25, 0.3) is 11.8 Å². The molecule has 0 unspecified atom stereocenters. The molecule has 4 aromatic carbocycles. The second-order valence-electron chi connectivity index (χ2n) is 10.4. The average molecular weight is 696 g/mol. The topological polar surface area (TPSA) is 79.1 Å². The van der Waals surface area contributed by atoms with Crippen LogP contribution in [0, 0.1) is 0 Å². The highest BCUT2D eigenvalue weighted by Gasteiger charge is 2.35. The summed E-state index contributed by atoms with van der Waals surface area (Å²) in [6, 6.07) is 31.8. The van der Waals surface area contributed by atoms with Gasteiger partial charge in [0, 0.05) is 10.0 Å². The number of halogens is 1. The fraction of sp³-hybridized carbons (Fsp3) is 0.162. The molecule has 0 saturated heterocycles. The van der Waals surface area contributed by atoms with Gasteiger partial charge in [0.1, 0.15) is 18.1 Å². The van der Waals surface area contributed by atoms with Crippen molar-refractivity contribution in [2.45, 2.75) is 26.5 Å². The van der Waals surface area contributed by atoms with Crippen LogP contribution < -0.4 is 24.4 Å². The summed E-state index contributed by atoms with van der Waals surface area (Å²) < 4.78 is 20.3. The van der Waals surface area contributed by atoms with Crippen LogP contribution in [0.3, 0.4) is 0 Å². The lowest BCUT2D eigenvalue weighted by molar-refractivity contribution is -0.138. The number of aromatic nitrogens is 1. The molecule has 46 heavy (non-hydrogen) atoms. The zero-order chi connectivity index (χ0) is 32.0. The number of rotatable bonds is 10. The van der Waals surface area contributed by atoms with Gasteiger partial charge in [-0.3, -0.25) is 9.36 Å². The van der Waals surface area contributed by atoms with Crippen LogP contribution in [0.5, 0.6) is 11.5 Å². The van der Waals surface area contributed by atoms with Crippen molar-refractivity contribution in [3.05, 3.63) is 155 Å². The van der Waals surface area contributed by atoms with Crippen molar-refractivity contribution in [2.75, 3.05) is 13.2 Å². The highest BCUT2D eigenvalue weighted by Crippen LogP contribution is 2.35. The predicted octanol–water partition coefficient (Wildman–Crippen LogP) is 6.68. The molecule has 0 radical (unpaired) electrons. The fourth-order valence-corrected chi connectivity index (χ4v) is 6.49. The van der Waals surface area contributed by atoms with Crippen molar-refractivity contribution in [1.29, 1.82) is 0 Å². The van der Waals surface area contributed by atoms with Gasteiger partial charge in [0.2, 0.25) is 0 Å². The summed E-state index contributed by atoms with van der Waals surface area (Å²) in [4.78, 5) is 33.2. The average Bonchev–Trinajstić information content (AvgIpc) is 3.39. The molecule has 6 rings (SSSR count). The molecule has 0 amide bonds. The number of carbonyl (C=O) groups excluding carboxylic acids is 1. The minimum atomic E-state index is -0.752. The van der Waals surface area contributed by atoms with Crippen molar-refractivity contribution in [3.63, 3.8) is 0 Å². The Kier molecular flexibility index (Phi) is 9.61. The lowest BCUT2D eigenvalue weighted by Gasteiger charge is -2.26. The van der Waals surface area contributed by atoms with E-state index in [0.29, 0.717) is 39.6 Å². The third-order valence-electron chi connectivity index (χ3n) is 7.38. The molecule has 0 fully saturated rings. The summed E-state index contributed by atoms with van der Waals surface area (Å²) in [6.07, 6.45) is 1.84. The first-order valence-electron chi connectivity index (χ1n) is 14.9. The summed E-state index contributed by atoms with van der Waals surface area (Å²) in [5.41, 5.74) is 3.96. The fourth-order valence-electron chi connectivity index (χ4n) is 5.23. The van der Waals surface area contributed by atoms with E-state index in [1.165, 1.54) is 11.3 Å². The van der Waals surface area contributed by atoms with E-state index in [2.05, 4.69) is 15.9 Å². The van der Waals surface area contributed by atoms with Gasteiger partial charge < -0.3 is 14.2 Å². The van der Waals surface area contributed by atoms with Gasteiger partial charge in [-0.25, -0.2) is 9.79 Å². The number of benzene rings is 4. The zero-order valence-electron chi connectivity index (χ0n) is 25.3. The molecule has 0 saturated carbocycles. The molecule has 5 aromatic rings. The van der Waals surface area contributed by atoms with Gasteiger partial charge in [-0.2, -0.15) is 0 Å². The van der Waals surface area contributed by atoms with E-state index in [4.69, 9.17) is 19.2 Å². The van der Waals surface area contributed by atoms with Crippen molar-refractivity contribution >= 4 is 45.0 Å². The number of esters is 1. The van der Waals surface area contributed by atoms with Gasteiger partial charge >= 0.3 is 5.97 Å². The molecule has 9 heteroatoms. The summed E-state index contributed by atoms with van der Waals surface area (Å²) in [5.74, 6) is 0.911. The summed E-state index contributed by atoms with van der Waals surface area (Å²) in [7, 11) is 0. The van der Waals surface area contributed by atoms with E-state index >= 15 is 0 Å². The van der Waals surface area contributed by atoms with Crippen LogP contribution in [0.2, 0.25) is 0 Å². The first-order chi connectivity index (χ1) is 22.4. The van der Waals surface area contributed by atoms with E-state index in [-0.39, 0.29) is 12.2 Å². The van der Waals surface area contributed by atoms with Gasteiger partial charge in [-0.1, -0.05) is 94.0 Å². The summed E-state index contributed by atoms with van der Waals surface area (Å²) in [6.45, 7) is 4.85. The smallest absolute Gasteiger partial charge is 0.338 e. The highest BCUT2D eigenvalue weighted by molar-refractivity contribution is 9.10. The number of carbonyl (C=O) groups is 1. The lowest BCUT2D eigenvalue weighted by atomic mass is 9.93. The first-order valence-corrected chi connectivity index (χ1v) is 16.5. The molecule has 1 atom stereocenters. The Morgan fingerprint density at radius 2 is 1.54 bits per heavy atom. The maximum absolute atomic E-state index is 14.1.